The first-order chi connectivity index (χ1) is 7.96. The van der Waals surface area contributed by atoms with Crippen molar-refractivity contribution in [3.8, 4) is 0 Å². The van der Waals surface area contributed by atoms with Gasteiger partial charge in [-0.1, -0.05) is 0 Å². The van der Waals surface area contributed by atoms with Crippen LogP contribution < -0.4 is 5.32 Å². The van der Waals surface area contributed by atoms with E-state index >= 15 is 0 Å². The van der Waals surface area contributed by atoms with Crippen molar-refractivity contribution in [3.63, 3.8) is 0 Å². The first-order valence-electron chi connectivity index (χ1n) is 4.79. The predicted octanol–water partition coefficient (Wildman–Crippen LogP) is 0.393. The number of rotatable bonds is 2. The van der Waals surface area contributed by atoms with E-state index in [2.05, 4.69) is 14.5 Å². The van der Waals surface area contributed by atoms with Crippen LogP contribution in [0.25, 0.3) is 6.08 Å². The maximum atomic E-state index is 11.5. The minimum absolute atomic E-state index is 0.193. The monoisotopic (exact) mass is 254 g/mol. The predicted molar refractivity (Wildman–Crippen MR) is 61.6 cm³/mol. The molecule has 1 aliphatic rings. The van der Waals surface area contributed by atoms with Gasteiger partial charge in [-0.3, -0.25) is 0 Å². The second kappa shape index (κ2) is 4.17. The van der Waals surface area contributed by atoms with E-state index in [-0.39, 0.29) is 12.1 Å². The summed E-state index contributed by atoms with van der Waals surface area (Å²) in [6.45, 7) is 0.193. The SMILES string of the molecule is CS(=O)(=O)OC(=O)C1=Cc2cccnc2NC1. The Balaban J connectivity index is 2.26. The van der Waals surface area contributed by atoms with Crippen molar-refractivity contribution >= 4 is 28.0 Å². The maximum Gasteiger partial charge on any atom is 0.351 e. The lowest BCUT2D eigenvalue weighted by atomic mass is 10.1. The van der Waals surface area contributed by atoms with Gasteiger partial charge in [0.15, 0.2) is 0 Å². The van der Waals surface area contributed by atoms with Crippen LogP contribution in [0.4, 0.5) is 5.82 Å². The van der Waals surface area contributed by atoms with Crippen molar-refractivity contribution in [2.24, 2.45) is 0 Å². The molecule has 1 aliphatic heterocycles. The van der Waals surface area contributed by atoms with Crippen molar-refractivity contribution in [2.75, 3.05) is 18.1 Å². The van der Waals surface area contributed by atoms with Crippen molar-refractivity contribution < 1.29 is 17.4 Å². The smallest absolute Gasteiger partial charge is 0.351 e. The zero-order chi connectivity index (χ0) is 12.5. The first kappa shape index (κ1) is 11.6. The number of pyridine rings is 1. The molecular formula is C10H10N2O4S. The standard InChI is InChI=1S/C10H10N2O4S/c1-17(14,15)16-10(13)8-5-7-3-2-4-11-9(7)12-6-8/h2-5H,6H2,1H3,(H,11,12). The second-order valence-corrected chi connectivity index (χ2v) is 5.11. The molecule has 0 fully saturated rings. The van der Waals surface area contributed by atoms with E-state index in [4.69, 9.17) is 0 Å². The van der Waals surface area contributed by atoms with Gasteiger partial charge in [-0.2, -0.15) is 8.42 Å². The molecule has 6 nitrogen and oxygen atoms in total. The summed E-state index contributed by atoms with van der Waals surface area (Å²) in [6.07, 6.45) is 4.02. The molecule has 0 amide bonds. The van der Waals surface area contributed by atoms with E-state index < -0.39 is 16.1 Å². The molecule has 2 rings (SSSR count). The van der Waals surface area contributed by atoms with E-state index in [0.29, 0.717) is 5.82 Å². The molecule has 1 aromatic rings. The highest BCUT2D eigenvalue weighted by Gasteiger charge is 2.20. The van der Waals surface area contributed by atoms with Crippen LogP contribution >= 0.6 is 0 Å². The lowest BCUT2D eigenvalue weighted by Crippen LogP contribution is -2.21. The summed E-state index contributed by atoms with van der Waals surface area (Å²) in [7, 11) is -3.78. The van der Waals surface area contributed by atoms with Gasteiger partial charge in [-0.15, -0.1) is 0 Å². The quantitative estimate of drug-likeness (QED) is 0.768. The zero-order valence-electron chi connectivity index (χ0n) is 9.00. The summed E-state index contributed by atoms with van der Waals surface area (Å²) >= 11 is 0. The van der Waals surface area contributed by atoms with Crippen LogP contribution in [-0.2, 0) is 19.1 Å². The summed E-state index contributed by atoms with van der Waals surface area (Å²) in [5.74, 6) is -0.210. The number of aromatic nitrogens is 1. The molecule has 0 spiro atoms. The average Bonchev–Trinajstić information content (AvgIpc) is 2.26. The molecule has 90 valence electrons. The van der Waals surface area contributed by atoms with Gasteiger partial charge in [-0.25, -0.2) is 9.78 Å². The Labute approximate surface area is 98.4 Å². The number of fused-ring (bicyclic) bond motifs is 1. The fourth-order valence-electron chi connectivity index (χ4n) is 1.42. The van der Waals surface area contributed by atoms with E-state index in [9.17, 15) is 13.2 Å². The summed E-state index contributed by atoms with van der Waals surface area (Å²) in [4.78, 5) is 15.6. The molecule has 7 heteroatoms. The molecule has 1 N–H and O–H groups in total. The van der Waals surface area contributed by atoms with Crippen LogP contribution in [0.15, 0.2) is 23.9 Å². The van der Waals surface area contributed by atoms with Crippen molar-refractivity contribution in [1.29, 1.82) is 0 Å². The molecule has 0 bridgehead atoms. The van der Waals surface area contributed by atoms with Crippen molar-refractivity contribution in [2.45, 2.75) is 0 Å². The van der Waals surface area contributed by atoms with Gasteiger partial charge in [0.25, 0.3) is 0 Å². The van der Waals surface area contributed by atoms with Crippen LogP contribution in [0.1, 0.15) is 5.56 Å². The molecule has 0 radical (unpaired) electrons. The summed E-state index contributed by atoms with van der Waals surface area (Å²) in [5, 5.41) is 2.90. The Bertz CT molecular complexity index is 592. The Hall–Kier alpha value is -1.89. The van der Waals surface area contributed by atoms with E-state index in [1.807, 2.05) is 0 Å². The van der Waals surface area contributed by atoms with Gasteiger partial charge in [0, 0.05) is 18.3 Å². The van der Waals surface area contributed by atoms with Crippen LogP contribution in [0, 0.1) is 0 Å². The Morgan fingerprint density at radius 2 is 2.29 bits per heavy atom. The molecule has 0 saturated heterocycles. The molecule has 17 heavy (non-hydrogen) atoms. The van der Waals surface area contributed by atoms with E-state index in [0.717, 1.165) is 11.8 Å². The van der Waals surface area contributed by atoms with Gasteiger partial charge in [-0.05, 0) is 18.2 Å². The number of anilines is 1. The third kappa shape index (κ3) is 2.82. The number of nitrogens with one attached hydrogen (secondary N) is 1. The highest BCUT2D eigenvalue weighted by atomic mass is 32.2. The highest BCUT2D eigenvalue weighted by molar-refractivity contribution is 7.86. The second-order valence-electron chi connectivity index (χ2n) is 3.54. The lowest BCUT2D eigenvalue weighted by Gasteiger charge is -2.15. The minimum Gasteiger partial charge on any atom is -0.365 e. The van der Waals surface area contributed by atoms with Crippen LogP contribution in [-0.4, -0.2) is 32.2 Å². The van der Waals surface area contributed by atoms with Crippen LogP contribution in [0.5, 0.6) is 0 Å². The summed E-state index contributed by atoms with van der Waals surface area (Å²) in [6, 6.07) is 3.49. The number of hydrogen-bond acceptors (Lipinski definition) is 6. The van der Waals surface area contributed by atoms with Crippen molar-refractivity contribution in [3.05, 3.63) is 29.5 Å². The average molecular weight is 254 g/mol. The van der Waals surface area contributed by atoms with Gasteiger partial charge in [0.05, 0.1) is 11.8 Å². The van der Waals surface area contributed by atoms with Gasteiger partial charge in [0.2, 0.25) is 0 Å². The maximum absolute atomic E-state index is 11.5. The van der Waals surface area contributed by atoms with Crippen LogP contribution in [0.2, 0.25) is 0 Å². The van der Waals surface area contributed by atoms with Gasteiger partial charge >= 0.3 is 16.1 Å². The Kier molecular flexibility index (Phi) is 2.84. The summed E-state index contributed by atoms with van der Waals surface area (Å²) < 4.78 is 26.0. The van der Waals surface area contributed by atoms with E-state index in [1.54, 1.807) is 24.4 Å². The van der Waals surface area contributed by atoms with Gasteiger partial charge in [0.1, 0.15) is 5.82 Å². The molecule has 0 aliphatic carbocycles. The van der Waals surface area contributed by atoms with Gasteiger partial charge < -0.3 is 9.50 Å². The molecule has 0 atom stereocenters. The normalized spacial score (nSPS) is 14.3. The zero-order valence-corrected chi connectivity index (χ0v) is 9.82. The van der Waals surface area contributed by atoms with Crippen LogP contribution in [0.3, 0.4) is 0 Å². The minimum atomic E-state index is -3.78. The fourth-order valence-corrected chi connectivity index (χ4v) is 1.80. The molecule has 0 aromatic carbocycles. The largest absolute Gasteiger partial charge is 0.365 e. The number of carbonyl (C=O) groups is 1. The molecule has 0 saturated carbocycles. The Morgan fingerprint density at radius 3 is 3.00 bits per heavy atom. The number of nitrogens with zero attached hydrogens (tertiary/aromatic N) is 1. The number of hydrogen-bond donors (Lipinski definition) is 1. The molecule has 2 heterocycles. The fraction of sp³-hybridized carbons (Fsp3) is 0.200. The third-order valence-electron chi connectivity index (χ3n) is 2.10. The topological polar surface area (TPSA) is 85.4 Å². The number of carbonyl (C=O) groups excluding carboxylic acids is 1. The Morgan fingerprint density at radius 1 is 1.53 bits per heavy atom. The first-order valence-corrected chi connectivity index (χ1v) is 6.60. The highest BCUT2D eigenvalue weighted by Crippen LogP contribution is 2.21. The molecule has 1 aromatic heterocycles. The molecular weight excluding hydrogens is 244 g/mol. The lowest BCUT2D eigenvalue weighted by molar-refractivity contribution is -0.129. The van der Waals surface area contributed by atoms with E-state index in [1.165, 1.54) is 0 Å². The van der Waals surface area contributed by atoms with Crippen molar-refractivity contribution in [1.82, 2.24) is 4.98 Å². The summed E-state index contributed by atoms with van der Waals surface area (Å²) in [5.41, 5.74) is 0.968. The third-order valence-corrected chi connectivity index (χ3v) is 2.56. The molecule has 0 unspecified atom stereocenters.